The van der Waals surface area contributed by atoms with Gasteiger partial charge in [0.2, 0.25) is 5.91 Å². The standard InChI is InChI=1S/C28H25N3O2S/c1-34(33)19-24-23(18-27(32)30-25(16-17-29)20-10-4-2-5-11-20)22-14-8-9-15-26(22)31-28(24)21-12-6-3-7-13-21/h2-15,25H,16,18-19H2,1H3,(H,30,32)/t25-,34?/m0/s1. The Bertz CT molecular complexity index is 1370. The fourth-order valence-electron chi connectivity index (χ4n) is 4.15. The molecule has 3 aromatic carbocycles. The van der Waals surface area contributed by atoms with E-state index in [4.69, 9.17) is 4.98 Å². The molecule has 0 spiro atoms. The van der Waals surface area contributed by atoms with E-state index in [0.29, 0.717) is 5.75 Å². The number of rotatable bonds is 8. The third kappa shape index (κ3) is 5.38. The largest absolute Gasteiger partial charge is 0.348 e. The maximum atomic E-state index is 13.3. The SMILES string of the molecule is CS(=O)Cc1c(-c2ccccc2)nc2ccccc2c1CC(=O)N[C@@H](CC#N)c1ccccc1. The minimum absolute atomic E-state index is 0.101. The number of nitrogens with one attached hydrogen (secondary N) is 1. The first-order valence-electron chi connectivity index (χ1n) is 11.0. The van der Waals surface area contributed by atoms with Crippen molar-refractivity contribution in [3.8, 4) is 17.3 Å². The number of hydrogen-bond acceptors (Lipinski definition) is 4. The molecular formula is C28H25N3O2S. The van der Waals surface area contributed by atoms with Gasteiger partial charge in [-0.25, -0.2) is 4.98 Å². The molecule has 0 aliphatic heterocycles. The smallest absolute Gasteiger partial charge is 0.224 e. The molecule has 0 aliphatic carbocycles. The van der Waals surface area contributed by atoms with E-state index >= 15 is 0 Å². The molecule has 6 heteroatoms. The van der Waals surface area contributed by atoms with Crippen molar-refractivity contribution in [2.24, 2.45) is 0 Å². The van der Waals surface area contributed by atoms with Crippen molar-refractivity contribution < 1.29 is 9.00 Å². The number of para-hydroxylation sites is 1. The van der Waals surface area contributed by atoms with Gasteiger partial charge >= 0.3 is 0 Å². The summed E-state index contributed by atoms with van der Waals surface area (Å²) in [4.78, 5) is 18.2. The molecule has 1 amide bonds. The zero-order chi connectivity index (χ0) is 23.9. The first kappa shape index (κ1) is 23.3. The molecule has 1 aromatic heterocycles. The van der Waals surface area contributed by atoms with Crippen LogP contribution in [0, 0.1) is 11.3 Å². The molecular weight excluding hydrogens is 442 g/mol. The van der Waals surface area contributed by atoms with E-state index in [1.807, 2.05) is 84.9 Å². The quantitative estimate of drug-likeness (QED) is 0.391. The Balaban J connectivity index is 1.78. The van der Waals surface area contributed by atoms with Gasteiger partial charge in [-0.3, -0.25) is 9.00 Å². The first-order valence-corrected chi connectivity index (χ1v) is 12.8. The van der Waals surface area contributed by atoms with Gasteiger partial charge in [-0.2, -0.15) is 5.26 Å². The van der Waals surface area contributed by atoms with Crippen LogP contribution in [0.5, 0.6) is 0 Å². The predicted octanol–water partition coefficient (Wildman–Crippen LogP) is 5.09. The molecule has 0 aliphatic rings. The lowest BCUT2D eigenvalue weighted by Gasteiger charge is -2.19. The van der Waals surface area contributed by atoms with Crippen LogP contribution in [-0.2, 0) is 27.8 Å². The molecule has 0 fully saturated rings. The van der Waals surface area contributed by atoms with Crippen molar-refractivity contribution in [1.29, 1.82) is 5.26 Å². The summed E-state index contributed by atoms with van der Waals surface area (Å²) in [6.07, 6.45) is 1.93. The van der Waals surface area contributed by atoms with Crippen molar-refractivity contribution in [3.05, 3.63) is 102 Å². The van der Waals surface area contributed by atoms with Crippen LogP contribution in [0.2, 0.25) is 0 Å². The van der Waals surface area contributed by atoms with Crippen molar-refractivity contribution in [2.45, 2.75) is 24.6 Å². The Morgan fingerprint density at radius 2 is 1.62 bits per heavy atom. The summed E-state index contributed by atoms with van der Waals surface area (Å²) in [5.74, 6) is 0.105. The molecule has 0 saturated carbocycles. The third-order valence-corrected chi connectivity index (χ3v) is 6.37. The third-order valence-electron chi connectivity index (χ3n) is 5.68. The van der Waals surface area contributed by atoms with Gasteiger partial charge in [0.15, 0.2) is 0 Å². The van der Waals surface area contributed by atoms with Crippen LogP contribution in [0.4, 0.5) is 0 Å². The van der Waals surface area contributed by atoms with Gasteiger partial charge in [-0.1, -0.05) is 78.9 Å². The highest BCUT2D eigenvalue weighted by Crippen LogP contribution is 2.32. The van der Waals surface area contributed by atoms with E-state index in [1.54, 1.807) is 6.26 Å². The summed E-state index contributed by atoms with van der Waals surface area (Å²) in [6.45, 7) is 0. The number of aromatic nitrogens is 1. The summed E-state index contributed by atoms with van der Waals surface area (Å²) in [6, 6.07) is 28.8. The zero-order valence-corrected chi connectivity index (χ0v) is 19.7. The van der Waals surface area contributed by atoms with Crippen LogP contribution in [0.25, 0.3) is 22.2 Å². The van der Waals surface area contributed by atoms with Gasteiger partial charge in [0.1, 0.15) is 0 Å². The highest BCUT2D eigenvalue weighted by atomic mass is 32.2. The van der Waals surface area contributed by atoms with Crippen LogP contribution in [0.15, 0.2) is 84.9 Å². The van der Waals surface area contributed by atoms with E-state index in [9.17, 15) is 14.3 Å². The average Bonchev–Trinajstić information content (AvgIpc) is 2.86. The van der Waals surface area contributed by atoms with Crippen LogP contribution >= 0.6 is 0 Å². The van der Waals surface area contributed by atoms with E-state index in [-0.39, 0.29) is 18.7 Å². The first-order chi connectivity index (χ1) is 16.6. The van der Waals surface area contributed by atoms with E-state index < -0.39 is 16.8 Å². The summed E-state index contributed by atoms with van der Waals surface area (Å²) in [7, 11) is -1.13. The number of carbonyl (C=O) groups is 1. The second kappa shape index (κ2) is 10.9. The summed E-state index contributed by atoms with van der Waals surface area (Å²) in [5.41, 5.74) is 4.97. The Hall–Kier alpha value is -3.82. The van der Waals surface area contributed by atoms with Crippen LogP contribution in [0.1, 0.15) is 29.2 Å². The van der Waals surface area contributed by atoms with Crippen LogP contribution < -0.4 is 5.32 Å². The molecule has 170 valence electrons. The highest BCUT2D eigenvalue weighted by molar-refractivity contribution is 7.83. The minimum Gasteiger partial charge on any atom is -0.348 e. The van der Waals surface area contributed by atoms with E-state index in [2.05, 4.69) is 11.4 Å². The Morgan fingerprint density at radius 1 is 0.971 bits per heavy atom. The van der Waals surface area contributed by atoms with Crippen molar-refractivity contribution >= 4 is 27.6 Å². The normalized spacial score (nSPS) is 12.6. The fourth-order valence-corrected chi connectivity index (χ4v) is 4.87. The summed E-state index contributed by atoms with van der Waals surface area (Å²) < 4.78 is 12.4. The Morgan fingerprint density at radius 3 is 2.29 bits per heavy atom. The second-order valence-corrected chi connectivity index (χ2v) is 9.52. The second-order valence-electron chi connectivity index (χ2n) is 8.09. The van der Waals surface area contributed by atoms with Gasteiger partial charge in [-0.05, 0) is 22.8 Å². The molecule has 1 N–H and O–H groups in total. The van der Waals surface area contributed by atoms with E-state index in [1.165, 1.54) is 0 Å². The molecule has 0 radical (unpaired) electrons. The summed E-state index contributed by atoms with van der Waals surface area (Å²) in [5, 5.41) is 13.2. The van der Waals surface area contributed by atoms with Gasteiger partial charge in [0.25, 0.3) is 0 Å². The van der Waals surface area contributed by atoms with Crippen LogP contribution in [-0.4, -0.2) is 21.4 Å². The van der Waals surface area contributed by atoms with Crippen LogP contribution in [0.3, 0.4) is 0 Å². The van der Waals surface area contributed by atoms with Gasteiger partial charge < -0.3 is 5.32 Å². The predicted molar refractivity (Wildman–Crippen MR) is 136 cm³/mol. The number of pyridine rings is 1. The lowest BCUT2D eigenvalue weighted by molar-refractivity contribution is -0.121. The van der Waals surface area contributed by atoms with E-state index in [0.717, 1.165) is 38.9 Å². The number of nitriles is 1. The Labute approximate surface area is 201 Å². The molecule has 0 saturated heterocycles. The molecule has 2 atom stereocenters. The maximum Gasteiger partial charge on any atom is 0.224 e. The monoisotopic (exact) mass is 467 g/mol. The van der Waals surface area contributed by atoms with Crippen molar-refractivity contribution in [1.82, 2.24) is 10.3 Å². The van der Waals surface area contributed by atoms with Crippen molar-refractivity contribution in [3.63, 3.8) is 0 Å². The molecule has 1 heterocycles. The number of nitrogens with zero attached hydrogens (tertiary/aromatic N) is 2. The number of fused-ring (bicyclic) bond motifs is 1. The number of benzene rings is 3. The molecule has 0 bridgehead atoms. The Kier molecular flexibility index (Phi) is 7.46. The van der Waals surface area contributed by atoms with Gasteiger partial charge in [0, 0.05) is 28.0 Å². The number of carbonyl (C=O) groups excluding carboxylic acids is 1. The average molecular weight is 468 g/mol. The molecule has 34 heavy (non-hydrogen) atoms. The molecule has 5 nitrogen and oxygen atoms in total. The molecule has 4 rings (SSSR count). The maximum absolute atomic E-state index is 13.3. The summed E-state index contributed by atoms with van der Waals surface area (Å²) >= 11 is 0. The molecule has 1 unspecified atom stereocenters. The van der Waals surface area contributed by atoms with Gasteiger partial charge in [-0.15, -0.1) is 0 Å². The number of amides is 1. The highest BCUT2D eigenvalue weighted by Gasteiger charge is 2.21. The minimum atomic E-state index is -1.13. The topological polar surface area (TPSA) is 82.8 Å². The van der Waals surface area contributed by atoms with Crippen molar-refractivity contribution in [2.75, 3.05) is 6.26 Å². The lowest BCUT2D eigenvalue weighted by Crippen LogP contribution is -2.30. The molecule has 4 aromatic rings. The lowest BCUT2D eigenvalue weighted by atomic mass is 9.95. The van der Waals surface area contributed by atoms with Gasteiger partial charge in [0.05, 0.1) is 41.9 Å². The fraction of sp³-hybridized carbons (Fsp3) is 0.179. The number of hydrogen-bond donors (Lipinski definition) is 1. The zero-order valence-electron chi connectivity index (χ0n) is 18.9.